The minimum absolute atomic E-state index is 0.511. The van der Waals surface area contributed by atoms with Crippen LogP contribution in [0.4, 0.5) is 0 Å². The van der Waals surface area contributed by atoms with E-state index >= 15 is 0 Å². The van der Waals surface area contributed by atoms with Crippen molar-refractivity contribution in [1.82, 2.24) is 19.6 Å². The Morgan fingerprint density at radius 1 is 1.26 bits per heavy atom. The predicted octanol–water partition coefficient (Wildman–Crippen LogP) is 2.04. The van der Waals surface area contributed by atoms with Gasteiger partial charge in [-0.2, -0.15) is 0 Å². The lowest BCUT2D eigenvalue weighted by molar-refractivity contribution is 0.912. The Morgan fingerprint density at radius 3 is 3.00 bits per heavy atom. The maximum atomic E-state index is 5.68. The van der Waals surface area contributed by atoms with E-state index in [2.05, 4.69) is 15.2 Å². The quantitative estimate of drug-likeness (QED) is 0.789. The highest BCUT2D eigenvalue weighted by Crippen LogP contribution is 2.25. The fourth-order valence-electron chi connectivity index (χ4n) is 1.86. The van der Waals surface area contributed by atoms with Crippen molar-refractivity contribution in [2.24, 2.45) is 5.73 Å². The van der Waals surface area contributed by atoms with Gasteiger partial charge in [-0.15, -0.1) is 10.2 Å². The summed E-state index contributed by atoms with van der Waals surface area (Å²) < 4.78 is 1.94. The van der Waals surface area contributed by atoms with Crippen LogP contribution in [0.25, 0.3) is 5.65 Å². The van der Waals surface area contributed by atoms with Crippen molar-refractivity contribution in [3.05, 3.63) is 47.8 Å². The summed E-state index contributed by atoms with van der Waals surface area (Å²) in [7, 11) is 0. The van der Waals surface area contributed by atoms with Gasteiger partial charge in [0.15, 0.2) is 5.65 Å². The lowest BCUT2D eigenvalue weighted by Gasteiger charge is -2.04. The summed E-state index contributed by atoms with van der Waals surface area (Å²) >= 11 is 1.49. The molecule has 6 heteroatoms. The first-order chi connectivity index (χ1) is 9.26. The number of nitrogens with zero attached hydrogens (tertiary/aromatic N) is 4. The van der Waals surface area contributed by atoms with Crippen molar-refractivity contribution in [3.63, 3.8) is 0 Å². The van der Waals surface area contributed by atoms with Crippen LogP contribution in [0.3, 0.4) is 0 Å². The number of rotatable bonds is 3. The van der Waals surface area contributed by atoms with E-state index in [1.165, 1.54) is 11.8 Å². The third-order valence-corrected chi connectivity index (χ3v) is 3.58. The molecule has 0 saturated carbocycles. The third kappa shape index (κ3) is 2.45. The Hall–Kier alpha value is -1.92. The standard InChI is InChI=1S/C13H13N5S/c1-9-6-10(8-14)7-12(15-9)19-13-17-16-11-4-2-3-5-18(11)13/h2-7H,8,14H2,1H3. The topological polar surface area (TPSA) is 69.1 Å². The first-order valence-corrected chi connectivity index (χ1v) is 6.73. The second-order valence-corrected chi connectivity index (χ2v) is 5.16. The summed E-state index contributed by atoms with van der Waals surface area (Å²) in [5, 5.41) is 9.99. The van der Waals surface area contributed by atoms with Crippen LogP contribution in [0.5, 0.6) is 0 Å². The summed E-state index contributed by atoms with van der Waals surface area (Å²) in [5.41, 5.74) is 8.54. The predicted molar refractivity (Wildman–Crippen MR) is 74.0 cm³/mol. The normalized spacial score (nSPS) is 11.1. The van der Waals surface area contributed by atoms with Crippen molar-refractivity contribution in [2.45, 2.75) is 23.7 Å². The molecule has 0 radical (unpaired) electrons. The summed E-state index contributed by atoms with van der Waals surface area (Å²) in [6.07, 6.45) is 1.94. The Morgan fingerprint density at radius 2 is 2.16 bits per heavy atom. The number of aromatic nitrogens is 4. The molecule has 5 nitrogen and oxygen atoms in total. The monoisotopic (exact) mass is 271 g/mol. The molecule has 0 unspecified atom stereocenters. The molecule has 0 bridgehead atoms. The van der Waals surface area contributed by atoms with E-state index in [0.717, 1.165) is 27.1 Å². The van der Waals surface area contributed by atoms with Gasteiger partial charge in [0.2, 0.25) is 5.16 Å². The molecule has 3 heterocycles. The van der Waals surface area contributed by atoms with E-state index < -0.39 is 0 Å². The molecule has 0 aliphatic heterocycles. The highest BCUT2D eigenvalue weighted by Gasteiger charge is 2.08. The average Bonchev–Trinajstić information content (AvgIpc) is 2.82. The Balaban J connectivity index is 1.99. The van der Waals surface area contributed by atoms with Crippen LogP contribution in [0.1, 0.15) is 11.3 Å². The third-order valence-electron chi connectivity index (χ3n) is 2.70. The second-order valence-electron chi connectivity index (χ2n) is 4.17. The SMILES string of the molecule is Cc1cc(CN)cc(Sc2nnc3ccccn23)n1. The van der Waals surface area contributed by atoms with Crippen molar-refractivity contribution < 1.29 is 0 Å². The maximum Gasteiger partial charge on any atom is 0.201 e. The molecule has 3 aromatic heterocycles. The number of hydrogen-bond acceptors (Lipinski definition) is 5. The molecule has 0 saturated heterocycles. The smallest absolute Gasteiger partial charge is 0.201 e. The van der Waals surface area contributed by atoms with Crippen molar-refractivity contribution in [3.8, 4) is 0 Å². The zero-order valence-electron chi connectivity index (χ0n) is 10.4. The molecule has 0 aliphatic rings. The van der Waals surface area contributed by atoms with Crippen LogP contribution < -0.4 is 5.73 Å². The van der Waals surface area contributed by atoms with E-state index in [1.54, 1.807) is 0 Å². The van der Waals surface area contributed by atoms with Gasteiger partial charge in [-0.3, -0.25) is 4.40 Å². The van der Waals surface area contributed by atoms with Crippen molar-refractivity contribution in [2.75, 3.05) is 0 Å². The molecule has 0 amide bonds. The van der Waals surface area contributed by atoms with Gasteiger partial charge in [0.1, 0.15) is 5.03 Å². The van der Waals surface area contributed by atoms with Crippen molar-refractivity contribution >= 4 is 17.4 Å². The van der Waals surface area contributed by atoms with Gasteiger partial charge in [0.25, 0.3) is 0 Å². The summed E-state index contributed by atoms with van der Waals surface area (Å²) in [6, 6.07) is 9.80. The Bertz CT molecular complexity index is 722. The number of hydrogen-bond donors (Lipinski definition) is 1. The molecular weight excluding hydrogens is 258 g/mol. The molecule has 19 heavy (non-hydrogen) atoms. The molecule has 0 aliphatic carbocycles. The van der Waals surface area contributed by atoms with E-state index in [0.29, 0.717) is 6.54 Å². The minimum atomic E-state index is 0.511. The fraction of sp³-hybridized carbons (Fsp3) is 0.154. The molecule has 0 aromatic carbocycles. The van der Waals surface area contributed by atoms with Crippen molar-refractivity contribution in [1.29, 1.82) is 0 Å². The highest BCUT2D eigenvalue weighted by molar-refractivity contribution is 7.99. The first kappa shape index (κ1) is 12.1. The maximum absolute atomic E-state index is 5.68. The lowest BCUT2D eigenvalue weighted by Crippen LogP contribution is -1.99. The van der Waals surface area contributed by atoms with Crippen LogP contribution >= 0.6 is 11.8 Å². The molecular formula is C13H13N5S. The average molecular weight is 271 g/mol. The molecule has 2 N–H and O–H groups in total. The number of pyridine rings is 2. The van der Waals surface area contributed by atoms with E-state index in [-0.39, 0.29) is 0 Å². The Labute approximate surface area is 114 Å². The molecule has 3 aromatic rings. The summed E-state index contributed by atoms with van der Waals surface area (Å²) in [4.78, 5) is 4.49. The number of aryl methyl sites for hydroxylation is 1. The zero-order valence-corrected chi connectivity index (χ0v) is 11.3. The molecule has 0 spiro atoms. The van der Waals surface area contributed by atoms with Gasteiger partial charge in [-0.1, -0.05) is 6.07 Å². The summed E-state index contributed by atoms with van der Waals surface area (Å²) in [6.45, 7) is 2.47. The first-order valence-electron chi connectivity index (χ1n) is 5.91. The second kappa shape index (κ2) is 4.99. The zero-order chi connectivity index (χ0) is 13.2. The highest BCUT2D eigenvalue weighted by atomic mass is 32.2. The van der Waals surface area contributed by atoms with Crippen LogP contribution in [0.2, 0.25) is 0 Å². The Kier molecular flexibility index (Phi) is 3.18. The number of fused-ring (bicyclic) bond motifs is 1. The molecule has 0 atom stereocenters. The van der Waals surface area contributed by atoms with Crippen LogP contribution in [-0.4, -0.2) is 19.6 Å². The van der Waals surface area contributed by atoms with Crippen LogP contribution in [0.15, 0.2) is 46.7 Å². The summed E-state index contributed by atoms with van der Waals surface area (Å²) in [5.74, 6) is 0. The molecule has 96 valence electrons. The molecule has 3 rings (SSSR count). The van der Waals surface area contributed by atoms with E-state index in [9.17, 15) is 0 Å². The molecule has 0 fully saturated rings. The van der Waals surface area contributed by atoms with Gasteiger partial charge in [-0.25, -0.2) is 4.98 Å². The lowest BCUT2D eigenvalue weighted by atomic mass is 10.2. The van der Waals surface area contributed by atoms with E-state index in [4.69, 9.17) is 5.73 Å². The van der Waals surface area contributed by atoms with Gasteiger partial charge in [-0.05, 0) is 48.5 Å². The largest absolute Gasteiger partial charge is 0.326 e. The van der Waals surface area contributed by atoms with Gasteiger partial charge in [0, 0.05) is 18.4 Å². The van der Waals surface area contributed by atoms with Crippen LogP contribution in [0, 0.1) is 6.92 Å². The van der Waals surface area contributed by atoms with Crippen LogP contribution in [-0.2, 0) is 6.54 Å². The van der Waals surface area contributed by atoms with E-state index in [1.807, 2.05) is 47.9 Å². The number of nitrogens with two attached hydrogens (primary N) is 1. The van der Waals surface area contributed by atoms with Gasteiger partial charge < -0.3 is 5.73 Å². The fourth-order valence-corrected chi connectivity index (χ4v) is 2.78. The minimum Gasteiger partial charge on any atom is -0.326 e. The van der Waals surface area contributed by atoms with Gasteiger partial charge >= 0.3 is 0 Å². The van der Waals surface area contributed by atoms with Gasteiger partial charge in [0.05, 0.1) is 0 Å².